The molecule has 3 aromatic rings. The number of hydrogen-bond donors (Lipinski definition) is 5. The summed E-state index contributed by atoms with van der Waals surface area (Å²) in [6.07, 6.45) is 0.398. The van der Waals surface area contributed by atoms with E-state index in [2.05, 4.69) is 15.6 Å². The maximum absolute atomic E-state index is 13.1. The van der Waals surface area contributed by atoms with E-state index in [1.807, 2.05) is 6.07 Å². The molecule has 2 amide bonds. The maximum atomic E-state index is 13.1. The highest BCUT2D eigenvalue weighted by Gasteiger charge is 2.21. The summed E-state index contributed by atoms with van der Waals surface area (Å²) in [5.41, 5.74) is 20.8. The molecule has 0 heterocycles. The van der Waals surface area contributed by atoms with Gasteiger partial charge in [0.1, 0.15) is 5.84 Å². The first kappa shape index (κ1) is 26.0. The summed E-state index contributed by atoms with van der Waals surface area (Å²) in [6, 6.07) is 16.7. The van der Waals surface area contributed by atoms with E-state index in [-0.39, 0.29) is 11.7 Å². The average molecular weight is 513 g/mol. The van der Waals surface area contributed by atoms with Gasteiger partial charge in [-0.1, -0.05) is 35.3 Å². The van der Waals surface area contributed by atoms with E-state index in [1.165, 1.54) is 0 Å². The highest BCUT2D eigenvalue weighted by Crippen LogP contribution is 2.29. The number of amidine groups is 1. The van der Waals surface area contributed by atoms with Crippen molar-refractivity contribution in [2.75, 3.05) is 30.0 Å². The molecule has 0 aliphatic carbocycles. The van der Waals surface area contributed by atoms with Gasteiger partial charge in [-0.05, 0) is 67.1 Å². The lowest BCUT2D eigenvalue weighted by atomic mass is 9.94. The molecule has 3 rings (SSSR count). The lowest BCUT2D eigenvalue weighted by Gasteiger charge is -2.18. The molecule has 1 atom stereocenters. The molecule has 0 fully saturated rings. The summed E-state index contributed by atoms with van der Waals surface area (Å²) < 4.78 is 0. The third kappa shape index (κ3) is 6.51. The molecule has 8 nitrogen and oxygen atoms in total. The second kappa shape index (κ2) is 11.7. The molecule has 0 aliphatic rings. The van der Waals surface area contributed by atoms with Crippen LogP contribution in [0.5, 0.6) is 0 Å². The number of nitrogens with two attached hydrogens (primary N) is 3. The zero-order valence-corrected chi connectivity index (χ0v) is 20.5. The predicted molar refractivity (Wildman–Crippen MR) is 143 cm³/mol. The van der Waals surface area contributed by atoms with E-state index in [0.29, 0.717) is 51.1 Å². The number of rotatable bonds is 8. The van der Waals surface area contributed by atoms with Crippen LogP contribution in [0.25, 0.3) is 0 Å². The van der Waals surface area contributed by atoms with Crippen LogP contribution in [0.3, 0.4) is 0 Å². The van der Waals surface area contributed by atoms with Crippen LogP contribution in [-0.2, 0) is 4.79 Å². The van der Waals surface area contributed by atoms with Gasteiger partial charge >= 0.3 is 0 Å². The number of nitrogen functional groups attached to an aromatic ring is 1. The zero-order chi connectivity index (χ0) is 25.5. The Morgan fingerprint density at radius 3 is 2.46 bits per heavy atom. The topological polar surface area (TPSA) is 149 Å². The normalized spacial score (nSPS) is 12.2. The fraction of sp³-hybridized carbons (Fsp3) is 0.160. The van der Waals surface area contributed by atoms with Crippen molar-refractivity contribution in [2.45, 2.75) is 12.3 Å². The van der Waals surface area contributed by atoms with Gasteiger partial charge in [0.2, 0.25) is 5.91 Å². The first-order valence-corrected chi connectivity index (χ1v) is 11.5. The molecule has 8 N–H and O–H groups in total. The van der Waals surface area contributed by atoms with Gasteiger partial charge in [-0.25, -0.2) is 0 Å². The van der Waals surface area contributed by atoms with Crippen molar-refractivity contribution in [3.05, 3.63) is 87.4 Å². The molecule has 3 aromatic carbocycles. The van der Waals surface area contributed by atoms with Crippen LogP contribution >= 0.6 is 23.2 Å². The Morgan fingerprint density at radius 2 is 1.77 bits per heavy atom. The lowest BCUT2D eigenvalue weighted by molar-refractivity contribution is -0.117. The number of amides is 2. The van der Waals surface area contributed by atoms with Crippen LogP contribution < -0.4 is 27.8 Å². The summed E-state index contributed by atoms with van der Waals surface area (Å²) in [4.78, 5) is 29.7. The first-order valence-electron chi connectivity index (χ1n) is 10.8. The Morgan fingerprint density at radius 1 is 1.00 bits per heavy atom. The molecule has 0 aromatic heterocycles. The monoisotopic (exact) mass is 512 g/mol. The molecule has 0 saturated heterocycles. The van der Waals surface area contributed by atoms with E-state index >= 15 is 0 Å². The van der Waals surface area contributed by atoms with E-state index in [4.69, 9.17) is 40.4 Å². The van der Waals surface area contributed by atoms with Gasteiger partial charge in [0.05, 0.1) is 16.0 Å². The molecule has 1 unspecified atom stereocenters. The highest BCUT2D eigenvalue weighted by atomic mass is 35.5. The van der Waals surface area contributed by atoms with Crippen molar-refractivity contribution < 1.29 is 9.59 Å². The number of anilines is 3. The average Bonchev–Trinajstić information content (AvgIpc) is 2.85. The molecular formula is C25H26Cl2N6O2. The SMILES string of the molecule is CNc1cccc(C(=O)N=C(N)c2cc(NC(=O)C(CCN)c3ccc(Cl)c(Cl)c3)ccc2N)c1. The molecular weight excluding hydrogens is 487 g/mol. The number of benzene rings is 3. The fourth-order valence-corrected chi connectivity index (χ4v) is 3.78. The number of nitrogens with one attached hydrogen (secondary N) is 2. The number of aliphatic imine (C=N–C) groups is 1. The molecule has 0 radical (unpaired) electrons. The largest absolute Gasteiger partial charge is 0.398 e. The number of hydrogen-bond acceptors (Lipinski definition) is 5. The molecule has 35 heavy (non-hydrogen) atoms. The van der Waals surface area contributed by atoms with E-state index in [1.54, 1.807) is 61.6 Å². The number of carbonyl (C=O) groups excluding carboxylic acids is 2. The van der Waals surface area contributed by atoms with Gasteiger partial charge in [0, 0.05) is 35.2 Å². The second-order valence-corrected chi connectivity index (χ2v) is 8.54. The van der Waals surface area contributed by atoms with Crippen LogP contribution in [-0.4, -0.2) is 31.2 Å². The molecule has 0 saturated carbocycles. The van der Waals surface area contributed by atoms with Crippen LogP contribution in [0.15, 0.2) is 65.7 Å². The smallest absolute Gasteiger partial charge is 0.279 e. The third-order valence-corrected chi connectivity index (χ3v) is 6.07. The Labute approximate surface area is 213 Å². The molecule has 10 heteroatoms. The van der Waals surface area contributed by atoms with Crippen molar-refractivity contribution in [1.82, 2.24) is 0 Å². The van der Waals surface area contributed by atoms with Crippen LogP contribution in [0.4, 0.5) is 17.1 Å². The number of halogens is 2. The van der Waals surface area contributed by atoms with Gasteiger partial charge in [0.15, 0.2) is 0 Å². The number of carbonyl (C=O) groups is 2. The molecule has 0 aliphatic heterocycles. The van der Waals surface area contributed by atoms with Crippen molar-refractivity contribution in [1.29, 1.82) is 0 Å². The van der Waals surface area contributed by atoms with Crippen molar-refractivity contribution in [2.24, 2.45) is 16.5 Å². The van der Waals surface area contributed by atoms with Crippen molar-refractivity contribution in [3.8, 4) is 0 Å². The van der Waals surface area contributed by atoms with Gasteiger partial charge in [0.25, 0.3) is 5.91 Å². The Hall–Kier alpha value is -3.59. The minimum Gasteiger partial charge on any atom is -0.398 e. The van der Waals surface area contributed by atoms with Crippen molar-refractivity contribution in [3.63, 3.8) is 0 Å². The van der Waals surface area contributed by atoms with Gasteiger partial charge in [-0.15, -0.1) is 0 Å². The predicted octanol–water partition coefficient (Wildman–Crippen LogP) is 4.23. The second-order valence-electron chi connectivity index (χ2n) is 7.73. The van der Waals surface area contributed by atoms with Gasteiger partial charge in [-0.3, -0.25) is 9.59 Å². The van der Waals surface area contributed by atoms with Gasteiger partial charge < -0.3 is 27.8 Å². The quantitative estimate of drug-likeness (QED) is 0.173. The van der Waals surface area contributed by atoms with Crippen LogP contribution in [0, 0.1) is 0 Å². The molecule has 0 spiro atoms. The van der Waals surface area contributed by atoms with Crippen LogP contribution in [0.2, 0.25) is 10.0 Å². The van der Waals surface area contributed by atoms with E-state index < -0.39 is 11.8 Å². The standard InChI is InChI=1S/C25H26Cl2N6O2/c1-31-16-4-2-3-15(11-16)24(34)33-23(30)19-13-17(6-8-22(19)29)32-25(35)18(9-10-28)14-5-7-20(26)21(27)12-14/h2-8,11-13,18,31H,9-10,28-29H2,1H3,(H,32,35)(H2,30,33,34). The minimum absolute atomic E-state index is 0.0681. The first-order chi connectivity index (χ1) is 16.7. The van der Waals surface area contributed by atoms with Crippen molar-refractivity contribution >= 4 is 57.9 Å². The number of nitrogens with zero attached hydrogens (tertiary/aromatic N) is 1. The minimum atomic E-state index is -0.553. The summed E-state index contributed by atoms with van der Waals surface area (Å²) in [5, 5.41) is 6.56. The molecule has 0 bridgehead atoms. The summed E-state index contributed by atoms with van der Waals surface area (Å²) in [6.45, 7) is 0.293. The van der Waals surface area contributed by atoms with E-state index in [0.717, 1.165) is 5.69 Å². The Kier molecular flexibility index (Phi) is 8.70. The molecule has 182 valence electrons. The highest BCUT2D eigenvalue weighted by molar-refractivity contribution is 6.42. The summed E-state index contributed by atoms with van der Waals surface area (Å²) >= 11 is 12.1. The Balaban J connectivity index is 1.84. The fourth-order valence-electron chi connectivity index (χ4n) is 3.47. The summed E-state index contributed by atoms with van der Waals surface area (Å²) in [5.74, 6) is -1.43. The summed E-state index contributed by atoms with van der Waals surface area (Å²) in [7, 11) is 1.75. The van der Waals surface area contributed by atoms with Crippen LogP contribution in [0.1, 0.15) is 33.8 Å². The zero-order valence-electron chi connectivity index (χ0n) is 19.0. The third-order valence-electron chi connectivity index (χ3n) is 5.33. The van der Waals surface area contributed by atoms with Gasteiger partial charge in [-0.2, -0.15) is 4.99 Å². The maximum Gasteiger partial charge on any atom is 0.279 e. The van der Waals surface area contributed by atoms with E-state index in [9.17, 15) is 9.59 Å². The Bertz CT molecular complexity index is 1280. The lowest BCUT2D eigenvalue weighted by Crippen LogP contribution is -2.24.